The summed E-state index contributed by atoms with van der Waals surface area (Å²) in [5.74, 6) is -1.38. The first-order valence-electron chi connectivity index (χ1n) is 7.90. The van der Waals surface area contributed by atoms with Crippen molar-refractivity contribution in [2.75, 3.05) is 7.11 Å². The second-order valence-corrected chi connectivity index (χ2v) is 5.62. The topological polar surface area (TPSA) is 125 Å². The van der Waals surface area contributed by atoms with Gasteiger partial charge in [0.25, 0.3) is 5.91 Å². The summed E-state index contributed by atoms with van der Waals surface area (Å²) >= 11 is 0. The Morgan fingerprint density at radius 2 is 2.04 bits per heavy atom. The molecule has 2 aromatic carbocycles. The van der Waals surface area contributed by atoms with Crippen LogP contribution in [0.25, 0.3) is 6.08 Å². The Morgan fingerprint density at radius 3 is 2.59 bits per heavy atom. The van der Waals surface area contributed by atoms with Crippen LogP contribution in [0.3, 0.4) is 0 Å². The number of benzene rings is 2. The van der Waals surface area contributed by atoms with Gasteiger partial charge < -0.3 is 15.2 Å². The highest BCUT2D eigenvalue weighted by atomic mass is 16.6. The zero-order chi connectivity index (χ0) is 20.0. The van der Waals surface area contributed by atoms with Gasteiger partial charge in [0.05, 0.1) is 18.1 Å². The molecule has 0 heterocycles. The molecule has 0 unspecified atom stereocenters. The number of phenolic OH excluding ortho intramolecular Hbond substituents is 1. The van der Waals surface area contributed by atoms with Crippen LogP contribution in [-0.2, 0) is 4.79 Å². The lowest BCUT2D eigenvalue weighted by molar-refractivity contribution is -0.386. The predicted molar refractivity (Wildman–Crippen MR) is 97.9 cm³/mol. The van der Waals surface area contributed by atoms with E-state index in [1.807, 2.05) is 30.3 Å². The molecule has 0 fully saturated rings. The molecular weight excluding hydrogens is 350 g/mol. The van der Waals surface area contributed by atoms with Crippen LogP contribution in [0.2, 0.25) is 0 Å². The van der Waals surface area contributed by atoms with Gasteiger partial charge >= 0.3 is 5.69 Å². The first-order valence-corrected chi connectivity index (χ1v) is 7.90. The molecule has 1 atom stereocenters. The van der Waals surface area contributed by atoms with Crippen LogP contribution >= 0.6 is 0 Å². The summed E-state index contributed by atoms with van der Waals surface area (Å²) in [6, 6.07) is 13.0. The Labute approximate surface area is 155 Å². The minimum absolute atomic E-state index is 0.134. The Bertz CT molecular complexity index is 932. The molecule has 0 aliphatic carbocycles. The second-order valence-electron chi connectivity index (χ2n) is 5.62. The van der Waals surface area contributed by atoms with E-state index in [-0.39, 0.29) is 22.9 Å². The Hall–Kier alpha value is -3.86. The Balaban J connectivity index is 2.32. The van der Waals surface area contributed by atoms with Gasteiger partial charge in [0, 0.05) is 6.07 Å². The van der Waals surface area contributed by atoms with Gasteiger partial charge in [0.1, 0.15) is 11.6 Å². The molecule has 0 aromatic heterocycles. The minimum Gasteiger partial charge on any atom is -0.500 e. The molecule has 0 spiro atoms. The number of ether oxygens (including phenoxy) is 1. The van der Waals surface area contributed by atoms with E-state index in [1.54, 1.807) is 13.0 Å². The van der Waals surface area contributed by atoms with E-state index in [0.29, 0.717) is 0 Å². The number of rotatable bonds is 6. The summed E-state index contributed by atoms with van der Waals surface area (Å²) < 4.78 is 4.91. The van der Waals surface area contributed by atoms with Crippen LogP contribution in [0.5, 0.6) is 11.5 Å². The van der Waals surface area contributed by atoms with Crippen molar-refractivity contribution < 1.29 is 19.6 Å². The minimum atomic E-state index is -0.779. The number of methoxy groups -OCH3 is 1. The number of nitrogens with zero attached hydrogens (tertiary/aromatic N) is 2. The molecule has 138 valence electrons. The van der Waals surface area contributed by atoms with E-state index in [0.717, 1.165) is 11.6 Å². The van der Waals surface area contributed by atoms with Crippen LogP contribution in [0, 0.1) is 21.4 Å². The monoisotopic (exact) mass is 367 g/mol. The first kappa shape index (κ1) is 19.5. The molecule has 0 aliphatic heterocycles. The van der Waals surface area contributed by atoms with E-state index in [1.165, 1.54) is 19.3 Å². The lowest BCUT2D eigenvalue weighted by Gasteiger charge is -2.13. The molecular formula is C19H17N3O5. The van der Waals surface area contributed by atoms with Crippen molar-refractivity contribution in [3.63, 3.8) is 0 Å². The molecule has 8 heteroatoms. The summed E-state index contributed by atoms with van der Waals surface area (Å²) in [4.78, 5) is 22.7. The van der Waals surface area contributed by atoms with Gasteiger partial charge in [-0.1, -0.05) is 30.3 Å². The van der Waals surface area contributed by atoms with Crippen LogP contribution < -0.4 is 10.1 Å². The number of amides is 1. The zero-order valence-corrected chi connectivity index (χ0v) is 14.7. The highest BCUT2D eigenvalue weighted by Crippen LogP contribution is 2.37. The third kappa shape index (κ3) is 4.61. The molecule has 2 rings (SSSR count). The van der Waals surface area contributed by atoms with Crippen molar-refractivity contribution in [3.8, 4) is 17.6 Å². The quantitative estimate of drug-likeness (QED) is 0.350. The number of carbonyl (C=O) groups excluding carboxylic acids is 1. The molecule has 0 radical (unpaired) electrons. The van der Waals surface area contributed by atoms with E-state index in [4.69, 9.17) is 4.74 Å². The van der Waals surface area contributed by atoms with Crippen LogP contribution in [-0.4, -0.2) is 23.0 Å². The molecule has 1 amide bonds. The van der Waals surface area contributed by atoms with Gasteiger partial charge in [0.2, 0.25) is 5.75 Å². The SMILES string of the molecule is COc1cc(/C=C(\C#N)C(=O)N[C@H](C)c2ccccc2)cc([N+](=O)[O-])c1O. The number of phenols is 1. The molecule has 0 saturated heterocycles. The number of aromatic hydroxyl groups is 1. The van der Waals surface area contributed by atoms with E-state index in [9.17, 15) is 25.3 Å². The summed E-state index contributed by atoms with van der Waals surface area (Å²) in [6.45, 7) is 1.77. The molecule has 2 aromatic rings. The molecule has 0 saturated carbocycles. The van der Waals surface area contributed by atoms with Crippen molar-refractivity contribution in [2.24, 2.45) is 0 Å². The van der Waals surface area contributed by atoms with Gasteiger partial charge in [-0.2, -0.15) is 5.26 Å². The third-order valence-corrected chi connectivity index (χ3v) is 3.82. The largest absolute Gasteiger partial charge is 0.500 e. The number of carbonyl (C=O) groups is 1. The maximum atomic E-state index is 12.4. The van der Waals surface area contributed by atoms with Crippen molar-refractivity contribution in [3.05, 3.63) is 69.3 Å². The van der Waals surface area contributed by atoms with Crippen molar-refractivity contribution in [1.82, 2.24) is 5.32 Å². The summed E-state index contributed by atoms with van der Waals surface area (Å²) in [6.07, 6.45) is 1.20. The fourth-order valence-electron chi connectivity index (χ4n) is 2.41. The lowest BCUT2D eigenvalue weighted by Crippen LogP contribution is -2.27. The van der Waals surface area contributed by atoms with Crippen LogP contribution in [0.15, 0.2) is 48.0 Å². The Kier molecular flexibility index (Phi) is 6.12. The normalized spacial score (nSPS) is 12.0. The summed E-state index contributed by atoms with van der Waals surface area (Å²) in [5, 5.41) is 32.9. The number of nitriles is 1. The highest BCUT2D eigenvalue weighted by molar-refractivity contribution is 6.02. The highest BCUT2D eigenvalue weighted by Gasteiger charge is 2.20. The number of nitro groups is 1. The van der Waals surface area contributed by atoms with E-state index >= 15 is 0 Å². The van der Waals surface area contributed by atoms with Crippen molar-refractivity contribution in [2.45, 2.75) is 13.0 Å². The van der Waals surface area contributed by atoms with Gasteiger partial charge in [-0.15, -0.1) is 0 Å². The average molecular weight is 367 g/mol. The zero-order valence-electron chi connectivity index (χ0n) is 14.7. The average Bonchev–Trinajstić information content (AvgIpc) is 2.67. The van der Waals surface area contributed by atoms with E-state index in [2.05, 4.69) is 5.32 Å². The summed E-state index contributed by atoms with van der Waals surface area (Å²) in [5.41, 5.74) is 0.219. The van der Waals surface area contributed by atoms with Crippen molar-refractivity contribution in [1.29, 1.82) is 5.26 Å². The molecule has 0 bridgehead atoms. The smallest absolute Gasteiger partial charge is 0.315 e. The van der Waals surface area contributed by atoms with Gasteiger partial charge in [-0.3, -0.25) is 14.9 Å². The maximum absolute atomic E-state index is 12.4. The number of nitro benzene ring substituents is 1. The molecule has 8 nitrogen and oxygen atoms in total. The number of hydrogen-bond acceptors (Lipinski definition) is 6. The second kappa shape index (κ2) is 8.49. The fraction of sp³-hybridized carbons (Fsp3) is 0.158. The summed E-state index contributed by atoms with van der Waals surface area (Å²) in [7, 11) is 1.24. The Morgan fingerprint density at radius 1 is 1.37 bits per heavy atom. The van der Waals surface area contributed by atoms with Crippen LogP contribution in [0.1, 0.15) is 24.1 Å². The van der Waals surface area contributed by atoms with Gasteiger partial charge in [0.15, 0.2) is 5.75 Å². The number of hydrogen-bond donors (Lipinski definition) is 2. The lowest BCUT2D eigenvalue weighted by atomic mass is 10.1. The third-order valence-electron chi connectivity index (χ3n) is 3.82. The van der Waals surface area contributed by atoms with Gasteiger partial charge in [-0.05, 0) is 30.2 Å². The predicted octanol–water partition coefficient (Wildman–Crippen LogP) is 3.09. The molecule has 0 aliphatic rings. The maximum Gasteiger partial charge on any atom is 0.315 e. The molecule has 2 N–H and O–H groups in total. The fourth-order valence-corrected chi connectivity index (χ4v) is 2.41. The van der Waals surface area contributed by atoms with Crippen molar-refractivity contribution >= 4 is 17.7 Å². The van der Waals surface area contributed by atoms with E-state index < -0.39 is 22.3 Å². The standard InChI is InChI=1S/C19H17N3O5/c1-12(14-6-4-3-5-7-14)21-19(24)15(11-20)8-13-9-16(22(25)26)18(23)17(10-13)27-2/h3-10,12,23H,1-2H3,(H,21,24)/b15-8+/t12-/m1/s1. The number of nitrogens with one attached hydrogen (secondary N) is 1. The van der Waals surface area contributed by atoms with Gasteiger partial charge in [-0.25, -0.2) is 0 Å². The first-order chi connectivity index (χ1) is 12.9. The van der Waals surface area contributed by atoms with Crippen LogP contribution in [0.4, 0.5) is 5.69 Å². The molecule has 27 heavy (non-hydrogen) atoms.